The van der Waals surface area contributed by atoms with Crippen LogP contribution in [0.2, 0.25) is 6.04 Å². The molecule has 0 spiro atoms. The number of unbranched alkanes of at least 4 members (excludes halogenated alkanes) is 5. The van der Waals surface area contributed by atoms with Crippen molar-refractivity contribution >= 4 is 8.80 Å². The first kappa shape index (κ1) is 19.2. The highest BCUT2D eigenvalue weighted by atomic mass is 28.4. The summed E-state index contributed by atoms with van der Waals surface area (Å²) in [6.45, 7) is 7.53. The lowest BCUT2D eigenvalue weighted by Gasteiger charge is -2.29. The van der Waals surface area contributed by atoms with Crippen LogP contribution in [0.15, 0.2) is 30.3 Å². The zero-order valence-electron chi connectivity index (χ0n) is 14.5. The highest BCUT2D eigenvalue weighted by Crippen LogP contribution is 2.24. The van der Waals surface area contributed by atoms with Crippen LogP contribution in [0.5, 0.6) is 5.75 Å². The van der Waals surface area contributed by atoms with Crippen molar-refractivity contribution < 1.29 is 13.3 Å². The molecular formula is C18H32O3Si. The molecule has 0 radical (unpaired) electrons. The van der Waals surface area contributed by atoms with Gasteiger partial charge < -0.3 is 13.3 Å². The van der Waals surface area contributed by atoms with Crippen molar-refractivity contribution in [2.75, 3.05) is 13.2 Å². The van der Waals surface area contributed by atoms with Crippen LogP contribution in [-0.4, -0.2) is 22.0 Å². The molecule has 4 heteroatoms. The van der Waals surface area contributed by atoms with E-state index < -0.39 is 8.80 Å². The lowest BCUT2D eigenvalue weighted by molar-refractivity contribution is 0.115. The Kier molecular flexibility index (Phi) is 10.2. The van der Waals surface area contributed by atoms with Crippen LogP contribution in [0, 0.1) is 0 Å². The second-order valence-corrected chi connectivity index (χ2v) is 8.13. The maximum atomic E-state index is 6.21. The summed E-state index contributed by atoms with van der Waals surface area (Å²) in [5.41, 5.74) is 0. The second kappa shape index (κ2) is 11.7. The molecule has 0 fully saturated rings. The molecule has 126 valence electrons. The van der Waals surface area contributed by atoms with Crippen LogP contribution in [0.25, 0.3) is 0 Å². The summed E-state index contributed by atoms with van der Waals surface area (Å²) in [6, 6.07) is 10.8. The Labute approximate surface area is 137 Å². The fourth-order valence-electron chi connectivity index (χ4n) is 2.53. The molecule has 1 aromatic carbocycles. The summed E-state index contributed by atoms with van der Waals surface area (Å²) in [5.74, 6) is 0.849. The summed E-state index contributed by atoms with van der Waals surface area (Å²) in [6.07, 6.45) is 7.58. The normalized spacial score (nSPS) is 11.6. The minimum Gasteiger partial charge on any atom is -0.501 e. The van der Waals surface area contributed by atoms with Gasteiger partial charge in [0.25, 0.3) is 0 Å². The topological polar surface area (TPSA) is 27.7 Å². The van der Waals surface area contributed by atoms with Crippen LogP contribution in [-0.2, 0) is 8.85 Å². The highest BCUT2D eigenvalue weighted by molar-refractivity contribution is 6.61. The predicted molar refractivity (Wildman–Crippen MR) is 94.3 cm³/mol. The van der Waals surface area contributed by atoms with Crippen LogP contribution < -0.4 is 4.43 Å². The summed E-state index contributed by atoms with van der Waals surface area (Å²) < 4.78 is 18.2. The van der Waals surface area contributed by atoms with Crippen molar-refractivity contribution in [2.24, 2.45) is 0 Å². The van der Waals surface area contributed by atoms with Crippen LogP contribution in [0.4, 0.5) is 0 Å². The van der Waals surface area contributed by atoms with Crippen LogP contribution in [0.1, 0.15) is 59.3 Å². The molecule has 0 amide bonds. The third-order valence-corrected chi connectivity index (χ3v) is 6.55. The van der Waals surface area contributed by atoms with E-state index in [4.69, 9.17) is 13.3 Å². The van der Waals surface area contributed by atoms with Gasteiger partial charge in [-0.1, -0.05) is 57.2 Å². The molecule has 0 saturated heterocycles. The standard InChI is InChI=1S/C18H32O3Si/c1-4-7-8-9-10-14-17-22(19-5-2,20-6-3)21-18-15-12-11-13-16-18/h11-13,15-16H,4-10,14,17H2,1-3H3. The third-order valence-electron chi connectivity index (χ3n) is 3.58. The zero-order chi connectivity index (χ0) is 16.1. The molecule has 0 bridgehead atoms. The lowest BCUT2D eigenvalue weighted by Crippen LogP contribution is -2.48. The highest BCUT2D eigenvalue weighted by Gasteiger charge is 2.42. The predicted octanol–water partition coefficient (Wildman–Crippen LogP) is 5.44. The maximum Gasteiger partial charge on any atom is 0.566 e. The van der Waals surface area contributed by atoms with Gasteiger partial charge in [-0.2, -0.15) is 0 Å². The molecule has 1 rings (SSSR count). The van der Waals surface area contributed by atoms with Gasteiger partial charge in [-0.05, 0) is 32.4 Å². The smallest absolute Gasteiger partial charge is 0.501 e. The molecule has 0 aromatic heterocycles. The average molecular weight is 325 g/mol. The quantitative estimate of drug-likeness (QED) is 0.357. The molecule has 22 heavy (non-hydrogen) atoms. The van der Waals surface area contributed by atoms with Gasteiger partial charge in [0.1, 0.15) is 5.75 Å². The van der Waals surface area contributed by atoms with Gasteiger partial charge in [0, 0.05) is 19.3 Å². The van der Waals surface area contributed by atoms with E-state index in [1.165, 1.54) is 32.1 Å². The summed E-state index contributed by atoms with van der Waals surface area (Å²) in [7, 11) is -2.60. The Balaban J connectivity index is 2.56. The van der Waals surface area contributed by atoms with Gasteiger partial charge in [0.15, 0.2) is 0 Å². The van der Waals surface area contributed by atoms with E-state index >= 15 is 0 Å². The largest absolute Gasteiger partial charge is 0.566 e. The van der Waals surface area contributed by atoms with Crippen molar-refractivity contribution in [3.63, 3.8) is 0 Å². The molecule has 0 aliphatic rings. The summed E-state index contributed by atoms with van der Waals surface area (Å²) in [5, 5.41) is 0. The van der Waals surface area contributed by atoms with E-state index in [1.807, 2.05) is 44.2 Å². The van der Waals surface area contributed by atoms with Gasteiger partial charge in [0.2, 0.25) is 0 Å². The monoisotopic (exact) mass is 324 g/mol. The van der Waals surface area contributed by atoms with Crippen molar-refractivity contribution in [1.29, 1.82) is 0 Å². The van der Waals surface area contributed by atoms with E-state index in [9.17, 15) is 0 Å². The minimum atomic E-state index is -2.60. The van der Waals surface area contributed by atoms with E-state index in [0.717, 1.165) is 18.2 Å². The van der Waals surface area contributed by atoms with Crippen LogP contribution >= 0.6 is 0 Å². The third kappa shape index (κ3) is 7.43. The van der Waals surface area contributed by atoms with E-state index in [-0.39, 0.29) is 0 Å². The fraction of sp³-hybridized carbons (Fsp3) is 0.667. The number of hydrogen-bond donors (Lipinski definition) is 0. The molecule has 0 N–H and O–H groups in total. The number of para-hydroxylation sites is 1. The number of hydrogen-bond acceptors (Lipinski definition) is 3. The van der Waals surface area contributed by atoms with E-state index in [1.54, 1.807) is 0 Å². The van der Waals surface area contributed by atoms with Gasteiger partial charge in [-0.15, -0.1) is 0 Å². The molecule has 0 heterocycles. The van der Waals surface area contributed by atoms with Crippen molar-refractivity contribution in [2.45, 2.75) is 65.3 Å². The first-order valence-electron chi connectivity index (χ1n) is 8.78. The van der Waals surface area contributed by atoms with Crippen molar-refractivity contribution in [1.82, 2.24) is 0 Å². The number of benzene rings is 1. The first-order chi connectivity index (χ1) is 10.8. The summed E-state index contributed by atoms with van der Waals surface area (Å²) >= 11 is 0. The Morgan fingerprint density at radius 3 is 1.95 bits per heavy atom. The SMILES string of the molecule is CCCCCCCC[Si](OCC)(OCC)Oc1ccccc1. The Morgan fingerprint density at radius 1 is 0.773 bits per heavy atom. The molecule has 0 aliphatic carbocycles. The molecule has 3 nitrogen and oxygen atoms in total. The average Bonchev–Trinajstić information content (AvgIpc) is 2.52. The number of rotatable bonds is 13. The van der Waals surface area contributed by atoms with Gasteiger partial charge in [0.05, 0.1) is 0 Å². The maximum absolute atomic E-state index is 6.21. The van der Waals surface area contributed by atoms with Gasteiger partial charge >= 0.3 is 8.80 Å². The molecule has 0 atom stereocenters. The Morgan fingerprint density at radius 2 is 1.36 bits per heavy atom. The van der Waals surface area contributed by atoms with Gasteiger partial charge in [-0.3, -0.25) is 0 Å². The molecule has 0 saturated carbocycles. The minimum absolute atomic E-state index is 0.634. The molecule has 0 aliphatic heterocycles. The molecule has 0 unspecified atom stereocenters. The fourth-order valence-corrected chi connectivity index (χ4v) is 5.18. The van der Waals surface area contributed by atoms with Crippen molar-refractivity contribution in [3.8, 4) is 5.75 Å². The van der Waals surface area contributed by atoms with E-state index in [2.05, 4.69) is 6.92 Å². The molecule has 1 aromatic rings. The Bertz CT molecular complexity index is 364. The second-order valence-electron chi connectivity index (χ2n) is 5.48. The van der Waals surface area contributed by atoms with Gasteiger partial charge in [-0.25, -0.2) is 0 Å². The van der Waals surface area contributed by atoms with Crippen LogP contribution in [0.3, 0.4) is 0 Å². The zero-order valence-corrected chi connectivity index (χ0v) is 15.5. The van der Waals surface area contributed by atoms with Crippen molar-refractivity contribution in [3.05, 3.63) is 30.3 Å². The first-order valence-corrected chi connectivity index (χ1v) is 10.7. The molecular weight excluding hydrogens is 292 g/mol. The summed E-state index contributed by atoms with van der Waals surface area (Å²) in [4.78, 5) is 0. The lowest BCUT2D eigenvalue weighted by atomic mass is 10.1. The van der Waals surface area contributed by atoms with E-state index in [0.29, 0.717) is 13.2 Å². The Hall–Kier alpha value is -0.843.